The second-order valence-electron chi connectivity index (χ2n) is 3.88. The molecule has 6 heteroatoms. The molecule has 5 nitrogen and oxygen atoms in total. The third kappa shape index (κ3) is 6.26. The van der Waals surface area contributed by atoms with Crippen molar-refractivity contribution >= 4 is 23.6 Å². The number of carbonyl (C=O) groups excluding carboxylic acids is 1. The van der Waals surface area contributed by atoms with Crippen LogP contribution in [0, 0.1) is 0 Å². The molecular weight excluding hydrogens is 266 g/mol. The molecule has 19 heavy (non-hydrogen) atoms. The number of rotatable bonds is 8. The number of amides is 1. The number of aliphatic hydroxyl groups is 1. The normalized spacial score (nSPS) is 11.8. The van der Waals surface area contributed by atoms with E-state index in [0.29, 0.717) is 5.75 Å². The predicted octanol–water partition coefficient (Wildman–Crippen LogP) is 1.12. The molecule has 1 aromatic rings. The highest BCUT2D eigenvalue weighted by atomic mass is 32.2. The summed E-state index contributed by atoms with van der Waals surface area (Å²) in [4.78, 5) is 23.4. The summed E-state index contributed by atoms with van der Waals surface area (Å²) in [5.41, 5.74) is 0. The summed E-state index contributed by atoms with van der Waals surface area (Å²) in [5, 5.41) is 19.9. The van der Waals surface area contributed by atoms with Crippen molar-refractivity contribution in [2.75, 3.05) is 12.4 Å². The first kappa shape index (κ1) is 15.5. The molecule has 0 fully saturated rings. The standard InChI is InChI=1S/C13H17NO4S/c15-8-6-11(13(17)18)14-12(16)7-9-19-10-4-2-1-3-5-10/h1-5,11,15H,6-9H2,(H,14,16)(H,17,18)/t11-/m0/s1. The molecule has 0 bridgehead atoms. The highest BCUT2D eigenvalue weighted by molar-refractivity contribution is 7.99. The van der Waals surface area contributed by atoms with Gasteiger partial charge in [0.15, 0.2) is 0 Å². The zero-order chi connectivity index (χ0) is 14.1. The zero-order valence-corrected chi connectivity index (χ0v) is 11.2. The molecule has 0 unspecified atom stereocenters. The van der Waals surface area contributed by atoms with Crippen LogP contribution in [0.25, 0.3) is 0 Å². The van der Waals surface area contributed by atoms with Crippen molar-refractivity contribution in [1.29, 1.82) is 0 Å². The Labute approximate surface area is 116 Å². The SMILES string of the molecule is O=C(CCSc1ccccc1)N[C@@H](CCO)C(=O)O. The van der Waals surface area contributed by atoms with Gasteiger partial charge in [-0.15, -0.1) is 11.8 Å². The second-order valence-corrected chi connectivity index (χ2v) is 5.05. The molecule has 1 aromatic carbocycles. The Morgan fingerprint density at radius 2 is 1.95 bits per heavy atom. The number of carboxylic acid groups (broad SMARTS) is 1. The first-order chi connectivity index (χ1) is 9.13. The fourth-order valence-corrected chi connectivity index (χ4v) is 2.30. The van der Waals surface area contributed by atoms with Gasteiger partial charge in [-0.3, -0.25) is 4.79 Å². The second kappa shape index (κ2) is 8.55. The lowest BCUT2D eigenvalue weighted by Gasteiger charge is -2.12. The van der Waals surface area contributed by atoms with Gasteiger partial charge in [-0.1, -0.05) is 18.2 Å². The maximum absolute atomic E-state index is 11.6. The lowest BCUT2D eigenvalue weighted by molar-refractivity contribution is -0.142. The van der Waals surface area contributed by atoms with Gasteiger partial charge in [0.25, 0.3) is 0 Å². The number of benzene rings is 1. The van der Waals surface area contributed by atoms with Crippen LogP contribution in [0.3, 0.4) is 0 Å². The van der Waals surface area contributed by atoms with Gasteiger partial charge in [0, 0.05) is 30.1 Å². The maximum atomic E-state index is 11.6. The van der Waals surface area contributed by atoms with Crippen LogP contribution in [0.5, 0.6) is 0 Å². The molecule has 0 spiro atoms. The van der Waals surface area contributed by atoms with Gasteiger partial charge in [-0.25, -0.2) is 4.79 Å². The van der Waals surface area contributed by atoms with Crippen molar-refractivity contribution < 1.29 is 19.8 Å². The lowest BCUT2D eigenvalue weighted by atomic mass is 10.2. The highest BCUT2D eigenvalue weighted by Gasteiger charge is 2.18. The molecule has 0 aliphatic heterocycles. The quantitative estimate of drug-likeness (QED) is 0.622. The summed E-state index contributed by atoms with van der Waals surface area (Å²) in [5.74, 6) is -0.858. The third-order valence-corrected chi connectivity index (χ3v) is 3.41. The molecule has 0 aliphatic carbocycles. The summed E-state index contributed by atoms with van der Waals surface area (Å²) >= 11 is 1.54. The average molecular weight is 283 g/mol. The van der Waals surface area contributed by atoms with Crippen LogP contribution >= 0.6 is 11.8 Å². The van der Waals surface area contributed by atoms with Gasteiger partial charge >= 0.3 is 5.97 Å². The molecule has 0 aliphatic rings. The minimum absolute atomic E-state index is 0.0207. The number of aliphatic carboxylic acids is 1. The van der Waals surface area contributed by atoms with Gasteiger partial charge in [0.2, 0.25) is 5.91 Å². The van der Waals surface area contributed by atoms with Crippen molar-refractivity contribution in [2.45, 2.75) is 23.8 Å². The fourth-order valence-electron chi connectivity index (χ4n) is 1.43. The van der Waals surface area contributed by atoms with Crippen LogP contribution in [-0.4, -0.2) is 40.5 Å². The minimum Gasteiger partial charge on any atom is -0.480 e. The Morgan fingerprint density at radius 3 is 2.53 bits per heavy atom. The number of hydrogen-bond donors (Lipinski definition) is 3. The van der Waals surface area contributed by atoms with E-state index >= 15 is 0 Å². The Hall–Kier alpha value is -1.53. The molecule has 1 amide bonds. The number of nitrogens with one attached hydrogen (secondary N) is 1. The van der Waals surface area contributed by atoms with Crippen LogP contribution in [0.15, 0.2) is 35.2 Å². The van der Waals surface area contributed by atoms with Crippen LogP contribution in [-0.2, 0) is 9.59 Å². The number of thioether (sulfide) groups is 1. The molecule has 1 atom stereocenters. The molecule has 0 heterocycles. The van der Waals surface area contributed by atoms with Gasteiger partial charge in [0.1, 0.15) is 6.04 Å². The van der Waals surface area contributed by atoms with Gasteiger partial charge in [0.05, 0.1) is 0 Å². The average Bonchev–Trinajstić information content (AvgIpc) is 2.39. The number of hydrogen-bond acceptors (Lipinski definition) is 4. The van der Waals surface area contributed by atoms with Crippen molar-refractivity contribution in [3.05, 3.63) is 30.3 Å². The monoisotopic (exact) mass is 283 g/mol. The van der Waals surface area contributed by atoms with Crippen LogP contribution in [0.1, 0.15) is 12.8 Å². The van der Waals surface area contributed by atoms with E-state index in [-0.39, 0.29) is 25.4 Å². The Balaban J connectivity index is 2.29. The molecular formula is C13H17NO4S. The first-order valence-electron chi connectivity index (χ1n) is 5.94. The first-order valence-corrected chi connectivity index (χ1v) is 6.93. The Morgan fingerprint density at radius 1 is 1.26 bits per heavy atom. The molecule has 3 N–H and O–H groups in total. The van der Waals surface area contributed by atoms with E-state index in [1.807, 2.05) is 30.3 Å². The highest BCUT2D eigenvalue weighted by Crippen LogP contribution is 2.17. The third-order valence-electron chi connectivity index (χ3n) is 2.39. The summed E-state index contributed by atoms with van der Waals surface area (Å²) in [6.45, 7) is -0.268. The topological polar surface area (TPSA) is 86.6 Å². The smallest absolute Gasteiger partial charge is 0.326 e. The summed E-state index contributed by atoms with van der Waals surface area (Å²) < 4.78 is 0. The van der Waals surface area contributed by atoms with E-state index in [1.165, 1.54) is 11.8 Å². The molecule has 0 saturated heterocycles. The molecule has 1 rings (SSSR count). The van der Waals surface area contributed by atoms with E-state index < -0.39 is 12.0 Å². The summed E-state index contributed by atoms with van der Waals surface area (Å²) in [6.07, 6.45) is 0.266. The maximum Gasteiger partial charge on any atom is 0.326 e. The Bertz CT molecular complexity index is 410. The molecule has 104 valence electrons. The van der Waals surface area contributed by atoms with Crippen LogP contribution < -0.4 is 5.32 Å². The van der Waals surface area contributed by atoms with Gasteiger partial charge in [-0.2, -0.15) is 0 Å². The zero-order valence-electron chi connectivity index (χ0n) is 10.4. The van der Waals surface area contributed by atoms with Gasteiger partial charge < -0.3 is 15.5 Å². The van der Waals surface area contributed by atoms with Crippen molar-refractivity contribution in [2.24, 2.45) is 0 Å². The minimum atomic E-state index is -1.13. The fraction of sp³-hybridized carbons (Fsp3) is 0.385. The number of aliphatic hydroxyl groups excluding tert-OH is 1. The van der Waals surface area contributed by atoms with Crippen molar-refractivity contribution in [3.63, 3.8) is 0 Å². The predicted molar refractivity (Wildman–Crippen MR) is 73.1 cm³/mol. The van der Waals surface area contributed by atoms with E-state index in [2.05, 4.69) is 5.32 Å². The molecule has 0 aromatic heterocycles. The van der Waals surface area contributed by atoms with E-state index in [1.54, 1.807) is 0 Å². The van der Waals surface area contributed by atoms with Crippen LogP contribution in [0.4, 0.5) is 0 Å². The number of carboxylic acids is 1. The van der Waals surface area contributed by atoms with Crippen LogP contribution in [0.2, 0.25) is 0 Å². The summed E-state index contributed by atoms with van der Waals surface area (Å²) in [6, 6.07) is 8.65. The lowest BCUT2D eigenvalue weighted by Crippen LogP contribution is -2.41. The summed E-state index contributed by atoms with van der Waals surface area (Å²) in [7, 11) is 0. The van der Waals surface area contributed by atoms with E-state index in [0.717, 1.165) is 4.90 Å². The van der Waals surface area contributed by atoms with Crippen molar-refractivity contribution in [1.82, 2.24) is 5.32 Å². The molecule has 0 saturated carbocycles. The van der Waals surface area contributed by atoms with Crippen molar-refractivity contribution in [3.8, 4) is 0 Å². The van der Waals surface area contributed by atoms with E-state index in [4.69, 9.17) is 10.2 Å². The van der Waals surface area contributed by atoms with E-state index in [9.17, 15) is 9.59 Å². The van der Waals surface area contributed by atoms with Gasteiger partial charge in [-0.05, 0) is 12.1 Å². The largest absolute Gasteiger partial charge is 0.480 e. The Kier molecular flexibility index (Phi) is 6.99. The molecule has 0 radical (unpaired) electrons. The number of carbonyl (C=O) groups is 2.